The standard InChI is InChI=1S/C25H23N3O4/c29-14-21-24-18-5-1-2-6-19(18)28(13-20(24)27(21)12-16-4-3-9-26-11-16)25(30)17-7-8-22-23(10-17)32-15-31-22/h1-11,20-21,24,29H,12-15H2/t20-,21+,24+/m0/s1. The largest absolute Gasteiger partial charge is 0.454 e. The maximum Gasteiger partial charge on any atom is 0.258 e. The molecule has 0 radical (unpaired) electrons. The molecule has 3 atom stereocenters. The second kappa shape index (κ2) is 7.62. The number of benzene rings is 2. The number of fused-ring (bicyclic) bond motifs is 4. The van der Waals surface area contributed by atoms with E-state index in [0.717, 1.165) is 16.8 Å². The number of hydrogen-bond acceptors (Lipinski definition) is 6. The normalized spacial score (nSPS) is 23.3. The molecule has 6 rings (SSSR count). The summed E-state index contributed by atoms with van der Waals surface area (Å²) >= 11 is 0. The minimum absolute atomic E-state index is 0.0177. The Morgan fingerprint density at radius 3 is 2.81 bits per heavy atom. The zero-order valence-corrected chi connectivity index (χ0v) is 17.4. The maximum atomic E-state index is 13.6. The number of likely N-dealkylation sites (tertiary alicyclic amines) is 1. The van der Waals surface area contributed by atoms with Gasteiger partial charge in [-0.2, -0.15) is 0 Å². The van der Waals surface area contributed by atoms with Crippen LogP contribution in [0, 0.1) is 0 Å². The van der Waals surface area contributed by atoms with Gasteiger partial charge in [0.15, 0.2) is 11.5 Å². The third-order valence-electron chi connectivity index (χ3n) is 6.78. The molecule has 1 N–H and O–H groups in total. The van der Waals surface area contributed by atoms with Crippen LogP contribution in [0.4, 0.5) is 5.69 Å². The molecule has 3 aliphatic heterocycles. The van der Waals surface area contributed by atoms with Gasteiger partial charge in [-0.05, 0) is 41.5 Å². The molecule has 7 nitrogen and oxygen atoms in total. The van der Waals surface area contributed by atoms with Crippen molar-refractivity contribution in [2.75, 3.05) is 24.8 Å². The number of pyridine rings is 1. The number of aromatic nitrogens is 1. The summed E-state index contributed by atoms with van der Waals surface area (Å²) in [7, 11) is 0. The summed E-state index contributed by atoms with van der Waals surface area (Å²) in [6.07, 6.45) is 3.61. The molecule has 0 aliphatic carbocycles. The quantitative estimate of drug-likeness (QED) is 0.688. The van der Waals surface area contributed by atoms with Crippen molar-refractivity contribution >= 4 is 11.6 Å². The number of amides is 1. The predicted molar refractivity (Wildman–Crippen MR) is 118 cm³/mol. The lowest BCUT2D eigenvalue weighted by Gasteiger charge is -2.59. The monoisotopic (exact) mass is 429 g/mol. The summed E-state index contributed by atoms with van der Waals surface area (Å²) in [5.74, 6) is 1.38. The van der Waals surface area contributed by atoms with Gasteiger partial charge in [0.2, 0.25) is 6.79 Å². The Hall–Kier alpha value is -3.42. The van der Waals surface area contributed by atoms with E-state index in [2.05, 4.69) is 16.0 Å². The van der Waals surface area contributed by atoms with E-state index < -0.39 is 0 Å². The Bertz CT molecular complexity index is 1170. The van der Waals surface area contributed by atoms with E-state index in [-0.39, 0.29) is 37.3 Å². The molecule has 1 fully saturated rings. The van der Waals surface area contributed by atoms with Gasteiger partial charge in [0.1, 0.15) is 0 Å². The lowest BCUT2D eigenvalue weighted by Crippen LogP contribution is -2.68. The van der Waals surface area contributed by atoms with Crippen molar-refractivity contribution in [3.8, 4) is 11.5 Å². The van der Waals surface area contributed by atoms with Gasteiger partial charge in [0.05, 0.1) is 6.61 Å². The van der Waals surface area contributed by atoms with Crippen LogP contribution in [0.3, 0.4) is 0 Å². The summed E-state index contributed by atoms with van der Waals surface area (Å²) in [6, 6.07) is 17.5. The van der Waals surface area contributed by atoms with Gasteiger partial charge in [-0.25, -0.2) is 0 Å². The van der Waals surface area contributed by atoms with Crippen LogP contribution in [0.25, 0.3) is 0 Å². The van der Waals surface area contributed by atoms with Crippen LogP contribution in [-0.2, 0) is 6.54 Å². The summed E-state index contributed by atoms with van der Waals surface area (Å²) in [5.41, 5.74) is 3.69. The van der Waals surface area contributed by atoms with E-state index in [1.807, 2.05) is 41.4 Å². The number of carbonyl (C=O) groups is 1. The molecule has 0 bridgehead atoms. The van der Waals surface area contributed by atoms with Crippen molar-refractivity contribution < 1.29 is 19.4 Å². The van der Waals surface area contributed by atoms with Gasteiger partial charge in [-0.15, -0.1) is 0 Å². The fraction of sp³-hybridized carbons (Fsp3) is 0.280. The fourth-order valence-electron chi connectivity index (χ4n) is 5.28. The van der Waals surface area contributed by atoms with Crippen LogP contribution in [-0.4, -0.2) is 52.9 Å². The van der Waals surface area contributed by atoms with Crippen molar-refractivity contribution in [3.63, 3.8) is 0 Å². The van der Waals surface area contributed by atoms with Gasteiger partial charge in [0, 0.05) is 54.7 Å². The molecule has 1 saturated heterocycles. The first-order valence-electron chi connectivity index (χ1n) is 10.8. The molecular weight excluding hydrogens is 406 g/mol. The number of hydrogen-bond donors (Lipinski definition) is 1. The lowest BCUT2D eigenvalue weighted by molar-refractivity contribution is -0.0489. The Kier molecular flexibility index (Phi) is 4.59. The van der Waals surface area contributed by atoms with Gasteiger partial charge < -0.3 is 19.5 Å². The highest BCUT2D eigenvalue weighted by Crippen LogP contribution is 2.49. The summed E-state index contributed by atoms with van der Waals surface area (Å²) in [5, 5.41) is 10.2. The average Bonchev–Trinajstić information content (AvgIpc) is 3.31. The van der Waals surface area contributed by atoms with E-state index in [9.17, 15) is 9.90 Å². The molecule has 0 saturated carbocycles. The Labute approximate surface area is 185 Å². The Morgan fingerprint density at radius 1 is 1.09 bits per heavy atom. The van der Waals surface area contributed by atoms with Crippen molar-refractivity contribution in [2.24, 2.45) is 0 Å². The first-order chi connectivity index (χ1) is 15.7. The molecule has 3 aromatic rings. The second-order valence-corrected chi connectivity index (χ2v) is 8.42. The minimum Gasteiger partial charge on any atom is -0.454 e. The van der Waals surface area contributed by atoms with Gasteiger partial charge in [0.25, 0.3) is 5.91 Å². The molecule has 7 heteroatoms. The summed E-state index contributed by atoms with van der Waals surface area (Å²) < 4.78 is 10.9. The van der Waals surface area contributed by atoms with Crippen molar-refractivity contribution in [2.45, 2.75) is 24.5 Å². The van der Waals surface area contributed by atoms with Crippen LogP contribution in [0.2, 0.25) is 0 Å². The van der Waals surface area contributed by atoms with E-state index >= 15 is 0 Å². The highest BCUT2D eigenvalue weighted by atomic mass is 16.7. The molecule has 3 aliphatic rings. The first kappa shape index (κ1) is 19.3. The second-order valence-electron chi connectivity index (χ2n) is 8.42. The number of aliphatic hydroxyl groups excluding tert-OH is 1. The molecule has 32 heavy (non-hydrogen) atoms. The minimum atomic E-state index is -0.0667. The van der Waals surface area contributed by atoms with Crippen molar-refractivity contribution in [1.82, 2.24) is 9.88 Å². The fourth-order valence-corrected chi connectivity index (χ4v) is 5.28. The third-order valence-corrected chi connectivity index (χ3v) is 6.78. The molecule has 0 unspecified atom stereocenters. The van der Waals surface area contributed by atoms with Gasteiger partial charge in [-0.3, -0.25) is 14.7 Å². The smallest absolute Gasteiger partial charge is 0.258 e. The molecular formula is C25H23N3O4. The number of anilines is 1. The third kappa shape index (κ3) is 2.97. The topological polar surface area (TPSA) is 75.1 Å². The SMILES string of the molecule is O=C(c1ccc2c(c1)OCO2)N1C[C@H]2[C@@H](c3ccccc31)[C@@H](CO)N2Cc1cccnc1. The van der Waals surface area contributed by atoms with E-state index in [1.165, 1.54) is 0 Å². The van der Waals surface area contributed by atoms with Crippen LogP contribution < -0.4 is 14.4 Å². The van der Waals surface area contributed by atoms with Gasteiger partial charge >= 0.3 is 0 Å². The molecule has 1 amide bonds. The van der Waals surface area contributed by atoms with E-state index in [1.54, 1.807) is 24.4 Å². The summed E-state index contributed by atoms with van der Waals surface area (Å²) in [4.78, 5) is 22.0. The first-order valence-corrected chi connectivity index (χ1v) is 10.8. The highest BCUT2D eigenvalue weighted by Gasteiger charge is 2.53. The van der Waals surface area contributed by atoms with E-state index in [0.29, 0.717) is 30.2 Å². The number of nitrogens with zero attached hydrogens (tertiary/aromatic N) is 3. The van der Waals surface area contributed by atoms with Gasteiger partial charge in [-0.1, -0.05) is 24.3 Å². The number of aliphatic hydroxyl groups is 1. The maximum absolute atomic E-state index is 13.6. The number of carbonyl (C=O) groups excluding carboxylic acids is 1. The zero-order chi connectivity index (χ0) is 21.7. The van der Waals surface area contributed by atoms with Crippen LogP contribution in [0.15, 0.2) is 67.0 Å². The highest BCUT2D eigenvalue weighted by molar-refractivity contribution is 6.07. The van der Waals surface area contributed by atoms with Crippen LogP contribution in [0.1, 0.15) is 27.4 Å². The number of rotatable bonds is 4. The Balaban J connectivity index is 1.34. The number of ether oxygens (including phenoxy) is 2. The molecule has 1 aromatic heterocycles. The van der Waals surface area contributed by atoms with Crippen LogP contribution in [0.5, 0.6) is 11.5 Å². The average molecular weight is 429 g/mol. The lowest BCUT2D eigenvalue weighted by atomic mass is 9.71. The molecule has 162 valence electrons. The zero-order valence-electron chi connectivity index (χ0n) is 17.4. The summed E-state index contributed by atoms with van der Waals surface area (Å²) in [6.45, 7) is 1.50. The number of para-hydroxylation sites is 1. The molecule has 2 aromatic carbocycles. The molecule has 4 heterocycles. The molecule has 0 spiro atoms. The van der Waals surface area contributed by atoms with Crippen molar-refractivity contribution in [1.29, 1.82) is 0 Å². The predicted octanol–water partition coefficient (Wildman–Crippen LogP) is 2.80. The van der Waals surface area contributed by atoms with Crippen molar-refractivity contribution in [3.05, 3.63) is 83.7 Å². The van der Waals surface area contributed by atoms with Crippen LogP contribution >= 0.6 is 0 Å². The Morgan fingerprint density at radius 2 is 1.97 bits per heavy atom. The van der Waals surface area contributed by atoms with E-state index in [4.69, 9.17) is 9.47 Å².